The zero-order valence-corrected chi connectivity index (χ0v) is 15.7. The van der Waals surface area contributed by atoms with Crippen molar-refractivity contribution < 1.29 is 27.5 Å². The Labute approximate surface area is 160 Å². The molecule has 9 heteroatoms. The lowest BCUT2D eigenvalue weighted by Gasteiger charge is -2.17. The fourth-order valence-corrected chi connectivity index (χ4v) is 4.37. The number of hydrogen-bond donors (Lipinski definition) is 0. The molecular weight excluding hydrogens is 394 g/mol. The van der Waals surface area contributed by atoms with Gasteiger partial charge >= 0.3 is 5.97 Å². The Morgan fingerprint density at radius 1 is 1.15 bits per heavy atom. The second-order valence-corrected chi connectivity index (χ2v) is 8.09. The van der Waals surface area contributed by atoms with Gasteiger partial charge in [0.2, 0.25) is 5.78 Å². The van der Waals surface area contributed by atoms with Crippen molar-refractivity contribution in [2.45, 2.75) is 17.9 Å². The highest BCUT2D eigenvalue weighted by atomic mass is 35.5. The molecule has 2 aromatic rings. The van der Waals surface area contributed by atoms with Gasteiger partial charge in [-0.25, -0.2) is 12.7 Å². The average Bonchev–Trinajstić information content (AvgIpc) is 2.82. The number of sulfonamides is 1. The van der Waals surface area contributed by atoms with E-state index >= 15 is 0 Å². The lowest BCUT2D eigenvalue weighted by molar-refractivity contribution is -0.146. The molecule has 1 atom stereocenters. The van der Waals surface area contributed by atoms with Crippen molar-refractivity contribution >= 4 is 39.3 Å². The average molecular weight is 408 g/mol. The molecular formula is C18H14ClNO6S. The molecule has 0 radical (unpaired) electrons. The van der Waals surface area contributed by atoms with Gasteiger partial charge in [-0.05, 0) is 31.2 Å². The number of halogens is 1. The molecule has 0 aromatic heterocycles. The van der Waals surface area contributed by atoms with Crippen LogP contribution >= 0.6 is 11.6 Å². The highest BCUT2D eigenvalue weighted by Gasteiger charge is 2.42. The number of esters is 1. The van der Waals surface area contributed by atoms with Gasteiger partial charge in [-0.3, -0.25) is 14.4 Å². The van der Waals surface area contributed by atoms with Gasteiger partial charge in [0, 0.05) is 10.6 Å². The van der Waals surface area contributed by atoms with Crippen molar-refractivity contribution in [3.05, 3.63) is 64.7 Å². The van der Waals surface area contributed by atoms with E-state index < -0.39 is 40.3 Å². The molecule has 0 saturated heterocycles. The molecule has 0 fully saturated rings. The largest absolute Gasteiger partial charge is 0.453 e. The first-order chi connectivity index (χ1) is 12.7. The summed E-state index contributed by atoms with van der Waals surface area (Å²) in [6.07, 6.45) is -1.17. The smallest absolute Gasteiger partial charge is 0.327 e. The van der Waals surface area contributed by atoms with E-state index in [1.165, 1.54) is 43.3 Å². The van der Waals surface area contributed by atoms with Crippen molar-refractivity contribution in [2.24, 2.45) is 0 Å². The maximum atomic E-state index is 12.4. The standard InChI is InChI=1S/C18H14ClNO6S/c1-11(17(22)12-5-4-6-13(19)9-12)26-16(21)10-20-18(23)14-7-2-3-8-15(14)27(20,24)25/h2-9,11H,10H2,1H3. The summed E-state index contributed by atoms with van der Waals surface area (Å²) in [6.45, 7) is 0.541. The Hall–Kier alpha value is -2.71. The minimum atomic E-state index is -4.12. The van der Waals surface area contributed by atoms with Crippen molar-refractivity contribution in [2.75, 3.05) is 6.54 Å². The number of ketones is 1. The van der Waals surface area contributed by atoms with Crippen LogP contribution in [0.3, 0.4) is 0 Å². The summed E-state index contributed by atoms with van der Waals surface area (Å²) in [7, 11) is -4.12. The maximum Gasteiger partial charge on any atom is 0.327 e. The Kier molecular flexibility index (Phi) is 5.03. The molecule has 0 saturated carbocycles. The van der Waals surface area contributed by atoms with E-state index in [4.69, 9.17) is 16.3 Å². The number of carbonyl (C=O) groups is 3. The number of ether oxygens (including phenoxy) is 1. The number of nitrogens with zero attached hydrogens (tertiary/aromatic N) is 1. The first kappa shape index (κ1) is 19.1. The minimum absolute atomic E-state index is 0.00616. The lowest BCUT2D eigenvalue weighted by atomic mass is 10.1. The molecule has 1 amide bonds. The SMILES string of the molecule is CC(OC(=O)CN1C(=O)c2ccccc2S1(=O)=O)C(=O)c1cccc(Cl)c1. The zero-order chi connectivity index (χ0) is 19.8. The van der Waals surface area contributed by atoms with E-state index in [2.05, 4.69) is 0 Å². The molecule has 1 unspecified atom stereocenters. The van der Waals surface area contributed by atoms with Crippen LogP contribution in [0.15, 0.2) is 53.4 Å². The quantitative estimate of drug-likeness (QED) is 0.557. The monoisotopic (exact) mass is 407 g/mol. The number of fused-ring (bicyclic) bond motifs is 1. The van der Waals surface area contributed by atoms with Gasteiger partial charge < -0.3 is 4.74 Å². The highest BCUT2D eigenvalue weighted by Crippen LogP contribution is 2.29. The summed E-state index contributed by atoms with van der Waals surface area (Å²) in [5.74, 6) is -2.32. The Bertz CT molecular complexity index is 1050. The Morgan fingerprint density at radius 3 is 2.52 bits per heavy atom. The van der Waals surface area contributed by atoms with Crippen LogP contribution in [-0.4, -0.2) is 43.0 Å². The number of benzene rings is 2. The van der Waals surface area contributed by atoms with Gasteiger partial charge in [0.1, 0.15) is 11.4 Å². The van der Waals surface area contributed by atoms with Crippen LogP contribution in [0.1, 0.15) is 27.6 Å². The first-order valence-electron chi connectivity index (χ1n) is 7.87. The maximum absolute atomic E-state index is 12.4. The number of hydrogen-bond acceptors (Lipinski definition) is 6. The molecule has 0 bridgehead atoms. The first-order valence-corrected chi connectivity index (χ1v) is 9.69. The summed E-state index contributed by atoms with van der Waals surface area (Å²) in [6, 6.07) is 11.8. The molecule has 1 aliphatic heterocycles. The fraction of sp³-hybridized carbons (Fsp3) is 0.167. The van der Waals surface area contributed by atoms with E-state index in [-0.39, 0.29) is 16.0 Å². The van der Waals surface area contributed by atoms with Crippen LogP contribution in [-0.2, 0) is 19.6 Å². The highest BCUT2D eigenvalue weighted by molar-refractivity contribution is 7.90. The number of rotatable bonds is 5. The van der Waals surface area contributed by atoms with Crippen molar-refractivity contribution in [1.82, 2.24) is 4.31 Å². The van der Waals surface area contributed by atoms with E-state index in [1.807, 2.05) is 0 Å². The van der Waals surface area contributed by atoms with Crippen LogP contribution in [0.2, 0.25) is 5.02 Å². The van der Waals surface area contributed by atoms with Crippen molar-refractivity contribution in [3.63, 3.8) is 0 Å². The van der Waals surface area contributed by atoms with Crippen LogP contribution in [0.25, 0.3) is 0 Å². The van der Waals surface area contributed by atoms with Crippen LogP contribution in [0, 0.1) is 0 Å². The second kappa shape index (κ2) is 7.13. The third-order valence-corrected chi connectivity index (χ3v) is 5.99. The molecule has 3 rings (SSSR count). The second-order valence-electron chi connectivity index (χ2n) is 5.82. The van der Waals surface area contributed by atoms with E-state index in [1.54, 1.807) is 12.1 Å². The minimum Gasteiger partial charge on any atom is -0.453 e. The van der Waals surface area contributed by atoms with Crippen molar-refractivity contribution in [1.29, 1.82) is 0 Å². The van der Waals surface area contributed by atoms with E-state index in [9.17, 15) is 22.8 Å². The molecule has 7 nitrogen and oxygen atoms in total. The molecule has 0 N–H and O–H groups in total. The van der Waals surface area contributed by atoms with E-state index in [0.717, 1.165) is 0 Å². The zero-order valence-electron chi connectivity index (χ0n) is 14.1. The molecule has 27 heavy (non-hydrogen) atoms. The predicted octanol–water partition coefficient (Wildman–Crippen LogP) is 2.30. The molecule has 0 aliphatic carbocycles. The van der Waals surface area contributed by atoms with Gasteiger partial charge in [-0.2, -0.15) is 0 Å². The topological polar surface area (TPSA) is 97.8 Å². The lowest BCUT2D eigenvalue weighted by Crippen LogP contribution is -2.37. The molecule has 2 aromatic carbocycles. The van der Waals surface area contributed by atoms with Gasteiger partial charge in [-0.15, -0.1) is 0 Å². The van der Waals surface area contributed by atoms with Gasteiger partial charge in [0.15, 0.2) is 6.10 Å². The number of amides is 1. The van der Waals surface area contributed by atoms with Gasteiger partial charge in [0.05, 0.1) is 5.56 Å². The number of Topliss-reactive ketones (excluding diaryl/α,β-unsaturated/α-hetero) is 1. The van der Waals surface area contributed by atoms with Crippen LogP contribution < -0.4 is 0 Å². The summed E-state index contributed by atoms with van der Waals surface area (Å²) >= 11 is 5.83. The number of carbonyl (C=O) groups excluding carboxylic acids is 3. The van der Waals surface area contributed by atoms with Crippen LogP contribution in [0.5, 0.6) is 0 Å². The third-order valence-electron chi connectivity index (χ3n) is 3.97. The Balaban J connectivity index is 1.71. The van der Waals surface area contributed by atoms with Crippen LogP contribution in [0.4, 0.5) is 0 Å². The molecule has 140 valence electrons. The van der Waals surface area contributed by atoms with Gasteiger partial charge in [0.25, 0.3) is 15.9 Å². The fourth-order valence-electron chi connectivity index (χ4n) is 2.67. The summed E-state index contributed by atoms with van der Waals surface area (Å²) in [5, 5.41) is 0.353. The molecule has 0 spiro atoms. The molecule has 1 aliphatic rings. The third kappa shape index (κ3) is 3.58. The van der Waals surface area contributed by atoms with Crippen molar-refractivity contribution in [3.8, 4) is 0 Å². The Morgan fingerprint density at radius 2 is 1.85 bits per heavy atom. The normalized spacial score (nSPS) is 15.9. The van der Waals surface area contributed by atoms with E-state index in [0.29, 0.717) is 9.33 Å². The predicted molar refractivity (Wildman–Crippen MR) is 96.0 cm³/mol. The summed E-state index contributed by atoms with van der Waals surface area (Å²) < 4.78 is 30.3. The van der Waals surface area contributed by atoms with Gasteiger partial charge in [-0.1, -0.05) is 35.9 Å². The summed E-state index contributed by atoms with van der Waals surface area (Å²) in [4.78, 5) is 36.6. The molecule has 1 heterocycles. The summed E-state index contributed by atoms with van der Waals surface area (Å²) in [5.41, 5.74) is 0.244.